The molecule has 32 heavy (non-hydrogen) atoms. The second-order valence-corrected chi connectivity index (χ2v) is 8.11. The van der Waals surface area contributed by atoms with Crippen molar-refractivity contribution in [1.82, 2.24) is 24.5 Å². The molecule has 1 amide bonds. The van der Waals surface area contributed by atoms with E-state index in [0.717, 1.165) is 29.9 Å². The van der Waals surface area contributed by atoms with Gasteiger partial charge in [0.1, 0.15) is 11.9 Å². The molecule has 1 saturated heterocycles. The van der Waals surface area contributed by atoms with E-state index in [9.17, 15) is 4.79 Å². The molecule has 1 aliphatic heterocycles. The summed E-state index contributed by atoms with van der Waals surface area (Å²) in [4.78, 5) is 19.2. The number of hydrogen-bond acceptors (Lipinski definition) is 5. The maximum atomic E-state index is 13.0. The molecule has 4 heterocycles. The van der Waals surface area contributed by atoms with Gasteiger partial charge in [0.2, 0.25) is 5.88 Å². The van der Waals surface area contributed by atoms with E-state index in [-0.39, 0.29) is 12.0 Å². The maximum absolute atomic E-state index is 13.0. The summed E-state index contributed by atoms with van der Waals surface area (Å²) >= 11 is 0. The highest BCUT2D eigenvalue weighted by atomic mass is 16.5. The van der Waals surface area contributed by atoms with Crippen LogP contribution in [0.4, 0.5) is 0 Å². The Bertz CT molecular complexity index is 1200. The van der Waals surface area contributed by atoms with E-state index >= 15 is 0 Å². The molecule has 1 aliphatic rings. The van der Waals surface area contributed by atoms with Gasteiger partial charge in [-0.15, -0.1) is 10.2 Å². The summed E-state index contributed by atoms with van der Waals surface area (Å²) in [5.74, 6) is 1.79. The number of amides is 1. The van der Waals surface area contributed by atoms with Crippen molar-refractivity contribution in [3.05, 3.63) is 90.0 Å². The minimum atomic E-state index is -0.113. The minimum absolute atomic E-state index is 0.00436. The number of fused-ring (bicyclic) bond motifs is 1. The Kier molecular flexibility index (Phi) is 5.54. The number of ether oxygens (including phenoxy) is 1. The normalized spacial score (nSPS) is 15.6. The third-order valence-corrected chi connectivity index (χ3v) is 6.04. The van der Waals surface area contributed by atoms with Crippen molar-refractivity contribution in [2.24, 2.45) is 0 Å². The molecule has 0 N–H and O–H groups in total. The summed E-state index contributed by atoms with van der Waals surface area (Å²) in [6.45, 7) is 3.36. The standard InChI is InChI=1S/C25H25N5O2/c1-18(19-7-3-2-4-8-19)32-23-11-10-21(17-26-23)25(31)29-15-12-20(13-16-29)24-28-27-22-9-5-6-14-30(22)24/h2-11,14,17-18,20H,12-13,15-16H2,1H3. The van der Waals surface area contributed by atoms with Crippen LogP contribution in [0.2, 0.25) is 0 Å². The quantitative estimate of drug-likeness (QED) is 0.475. The first kappa shape index (κ1) is 20.2. The van der Waals surface area contributed by atoms with E-state index in [0.29, 0.717) is 30.5 Å². The third kappa shape index (κ3) is 4.06. The Balaban J connectivity index is 1.20. The molecule has 0 spiro atoms. The fourth-order valence-electron chi connectivity index (χ4n) is 4.21. The first-order valence-corrected chi connectivity index (χ1v) is 11.0. The van der Waals surface area contributed by atoms with Crippen molar-refractivity contribution < 1.29 is 9.53 Å². The molecule has 3 aromatic heterocycles. The number of aromatic nitrogens is 4. The van der Waals surface area contributed by atoms with Crippen LogP contribution in [0.1, 0.15) is 53.5 Å². The van der Waals surface area contributed by atoms with Gasteiger partial charge in [-0.3, -0.25) is 9.20 Å². The molecule has 0 radical (unpaired) electrons. The Morgan fingerprint density at radius 1 is 1.00 bits per heavy atom. The number of carbonyl (C=O) groups is 1. The first-order valence-electron chi connectivity index (χ1n) is 11.0. The topological polar surface area (TPSA) is 72.6 Å². The summed E-state index contributed by atoms with van der Waals surface area (Å²) in [6.07, 6.45) is 5.22. The third-order valence-electron chi connectivity index (χ3n) is 6.04. The summed E-state index contributed by atoms with van der Waals surface area (Å²) in [6, 6.07) is 19.5. The average molecular weight is 428 g/mol. The fourth-order valence-corrected chi connectivity index (χ4v) is 4.21. The predicted molar refractivity (Wildman–Crippen MR) is 121 cm³/mol. The molecule has 0 saturated carbocycles. The average Bonchev–Trinajstić information content (AvgIpc) is 3.29. The largest absolute Gasteiger partial charge is 0.470 e. The molecule has 7 nitrogen and oxygen atoms in total. The molecule has 0 aliphatic carbocycles. The van der Waals surface area contributed by atoms with E-state index in [4.69, 9.17) is 4.74 Å². The molecule has 5 rings (SSSR count). The summed E-state index contributed by atoms with van der Waals surface area (Å²) in [7, 11) is 0. The zero-order valence-electron chi connectivity index (χ0n) is 18.0. The lowest BCUT2D eigenvalue weighted by molar-refractivity contribution is 0.0710. The molecule has 4 aromatic rings. The number of nitrogens with zero attached hydrogens (tertiary/aromatic N) is 5. The maximum Gasteiger partial charge on any atom is 0.255 e. The van der Waals surface area contributed by atoms with Crippen molar-refractivity contribution in [3.63, 3.8) is 0 Å². The fraction of sp³-hybridized carbons (Fsp3) is 0.280. The minimum Gasteiger partial charge on any atom is -0.470 e. The van der Waals surface area contributed by atoms with Gasteiger partial charge < -0.3 is 9.64 Å². The van der Waals surface area contributed by atoms with Crippen LogP contribution < -0.4 is 4.74 Å². The van der Waals surface area contributed by atoms with Gasteiger partial charge in [0.05, 0.1) is 5.56 Å². The molecule has 1 atom stereocenters. The zero-order chi connectivity index (χ0) is 21.9. The number of rotatable bonds is 5. The number of pyridine rings is 2. The van der Waals surface area contributed by atoms with Crippen molar-refractivity contribution in [2.75, 3.05) is 13.1 Å². The monoisotopic (exact) mass is 427 g/mol. The SMILES string of the molecule is CC(Oc1ccc(C(=O)N2CCC(c3nnc4ccccn34)CC2)cn1)c1ccccc1. The lowest BCUT2D eigenvalue weighted by Gasteiger charge is -2.31. The van der Waals surface area contributed by atoms with Gasteiger partial charge in [-0.05, 0) is 43.5 Å². The molecule has 1 unspecified atom stereocenters. The highest BCUT2D eigenvalue weighted by molar-refractivity contribution is 5.94. The van der Waals surface area contributed by atoms with Crippen molar-refractivity contribution in [3.8, 4) is 5.88 Å². The van der Waals surface area contributed by atoms with Crippen LogP contribution in [-0.2, 0) is 0 Å². The first-order chi connectivity index (χ1) is 15.7. The molecule has 162 valence electrons. The van der Waals surface area contributed by atoms with Crippen LogP contribution in [0, 0.1) is 0 Å². The van der Waals surface area contributed by atoms with Crippen LogP contribution in [0.3, 0.4) is 0 Å². The highest BCUT2D eigenvalue weighted by Crippen LogP contribution is 2.28. The Labute approximate surface area is 186 Å². The van der Waals surface area contributed by atoms with Crippen LogP contribution in [-0.4, -0.2) is 43.5 Å². The van der Waals surface area contributed by atoms with Gasteiger partial charge >= 0.3 is 0 Å². The second-order valence-electron chi connectivity index (χ2n) is 8.11. The van der Waals surface area contributed by atoms with E-state index in [1.165, 1.54) is 0 Å². The molecule has 1 fully saturated rings. The second kappa shape index (κ2) is 8.78. The summed E-state index contributed by atoms with van der Waals surface area (Å²) in [5, 5.41) is 8.64. The summed E-state index contributed by atoms with van der Waals surface area (Å²) in [5.41, 5.74) is 2.52. The van der Waals surface area contributed by atoms with E-state index in [1.807, 2.05) is 71.0 Å². The molecule has 7 heteroatoms. The Morgan fingerprint density at radius 3 is 2.53 bits per heavy atom. The molecule has 0 bridgehead atoms. The zero-order valence-corrected chi connectivity index (χ0v) is 18.0. The predicted octanol–water partition coefficient (Wildman–Crippen LogP) is 4.28. The van der Waals surface area contributed by atoms with Crippen molar-refractivity contribution in [2.45, 2.75) is 31.8 Å². The lowest BCUT2D eigenvalue weighted by Crippen LogP contribution is -2.38. The number of hydrogen-bond donors (Lipinski definition) is 0. The van der Waals surface area contributed by atoms with Gasteiger partial charge in [-0.2, -0.15) is 0 Å². The van der Waals surface area contributed by atoms with Gasteiger partial charge in [-0.1, -0.05) is 36.4 Å². The molecular weight excluding hydrogens is 402 g/mol. The summed E-state index contributed by atoms with van der Waals surface area (Å²) < 4.78 is 7.96. The van der Waals surface area contributed by atoms with Crippen molar-refractivity contribution >= 4 is 11.6 Å². The van der Waals surface area contributed by atoms with E-state index < -0.39 is 0 Å². The van der Waals surface area contributed by atoms with E-state index in [2.05, 4.69) is 15.2 Å². The van der Waals surface area contributed by atoms with Crippen LogP contribution in [0.5, 0.6) is 5.88 Å². The molecular formula is C25H25N5O2. The van der Waals surface area contributed by atoms with Crippen LogP contribution in [0.25, 0.3) is 5.65 Å². The van der Waals surface area contributed by atoms with Crippen LogP contribution >= 0.6 is 0 Å². The van der Waals surface area contributed by atoms with Gasteiger partial charge in [0, 0.05) is 37.5 Å². The lowest BCUT2D eigenvalue weighted by atomic mass is 9.95. The number of piperidine rings is 1. The Hall–Kier alpha value is -3.74. The van der Waals surface area contributed by atoms with Gasteiger partial charge in [-0.25, -0.2) is 4.98 Å². The van der Waals surface area contributed by atoms with Crippen molar-refractivity contribution in [1.29, 1.82) is 0 Å². The van der Waals surface area contributed by atoms with Crippen LogP contribution in [0.15, 0.2) is 73.1 Å². The van der Waals surface area contributed by atoms with Gasteiger partial charge in [0.15, 0.2) is 5.65 Å². The van der Waals surface area contributed by atoms with E-state index in [1.54, 1.807) is 18.3 Å². The smallest absolute Gasteiger partial charge is 0.255 e. The number of likely N-dealkylation sites (tertiary alicyclic amines) is 1. The number of carbonyl (C=O) groups excluding carboxylic acids is 1. The number of benzene rings is 1. The Morgan fingerprint density at radius 2 is 1.78 bits per heavy atom. The van der Waals surface area contributed by atoms with Gasteiger partial charge in [0.25, 0.3) is 5.91 Å². The molecule has 1 aromatic carbocycles. The highest BCUT2D eigenvalue weighted by Gasteiger charge is 2.27.